The molecule has 56 valence electrons. The Morgan fingerprint density at radius 2 is 2.30 bits per heavy atom. The normalized spacial score (nSPS) is 8.70. The first-order valence-electron chi connectivity index (χ1n) is 3.00. The Hall–Kier alpha value is -1.01. The van der Waals surface area contributed by atoms with E-state index in [0.717, 1.165) is 0 Å². The van der Waals surface area contributed by atoms with Crippen molar-refractivity contribution in [1.29, 1.82) is 0 Å². The lowest BCUT2D eigenvalue weighted by Gasteiger charge is -1.96. The van der Waals surface area contributed by atoms with Crippen LogP contribution < -0.4 is 0 Å². The molecule has 0 aliphatic rings. The third kappa shape index (κ3) is 6.99. The quantitative estimate of drug-likeness (QED) is 0.449. The minimum atomic E-state index is -0.847. The van der Waals surface area contributed by atoms with E-state index >= 15 is 0 Å². The molecule has 0 aromatic rings. The van der Waals surface area contributed by atoms with Crippen LogP contribution in [0.25, 0.3) is 0 Å². The zero-order valence-electron chi connectivity index (χ0n) is 5.67. The maximum absolute atomic E-state index is 9.91. The van der Waals surface area contributed by atoms with Gasteiger partial charge in [-0.25, -0.2) is 0 Å². The van der Waals surface area contributed by atoms with Crippen LogP contribution >= 0.6 is 0 Å². The first kappa shape index (κ1) is 8.99. The number of carboxylic acid groups (broad SMARTS) is 1. The van der Waals surface area contributed by atoms with Crippen molar-refractivity contribution in [2.24, 2.45) is 0 Å². The lowest BCUT2D eigenvalue weighted by molar-refractivity contribution is -0.138. The van der Waals surface area contributed by atoms with E-state index in [9.17, 15) is 4.79 Å². The molecule has 0 bridgehead atoms. The standard InChI is InChI=1S/C7H10O3/c1-2-3-5-10-6-4-7(8)9/h1H,3-6H2,(H,8,9). The van der Waals surface area contributed by atoms with Crippen LogP contribution in [0.2, 0.25) is 0 Å². The third-order valence-electron chi connectivity index (χ3n) is 0.851. The molecule has 0 atom stereocenters. The van der Waals surface area contributed by atoms with Gasteiger partial charge in [-0.1, -0.05) is 0 Å². The highest BCUT2D eigenvalue weighted by Crippen LogP contribution is 1.84. The molecule has 3 nitrogen and oxygen atoms in total. The van der Waals surface area contributed by atoms with E-state index in [4.69, 9.17) is 16.3 Å². The molecule has 10 heavy (non-hydrogen) atoms. The molecular weight excluding hydrogens is 132 g/mol. The number of carbonyl (C=O) groups is 1. The second kappa shape index (κ2) is 6.12. The Morgan fingerprint density at radius 3 is 2.80 bits per heavy atom. The Morgan fingerprint density at radius 1 is 1.60 bits per heavy atom. The summed E-state index contributed by atoms with van der Waals surface area (Å²) in [5, 5.41) is 8.15. The van der Waals surface area contributed by atoms with Gasteiger partial charge in [0.05, 0.1) is 19.6 Å². The lowest BCUT2D eigenvalue weighted by atomic mass is 10.4. The minimum absolute atomic E-state index is 0.0462. The maximum atomic E-state index is 9.91. The predicted molar refractivity (Wildman–Crippen MR) is 36.5 cm³/mol. The average Bonchev–Trinajstić information content (AvgIpc) is 1.87. The molecule has 0 amide bonds. The van der Waals surface area contributed by atoms with Gasteiger partial charge in [0, 0.05) is 6.42 Å². The van der Waals surface area contributed by atoms with Gasteiger partial charge in [-0.05, 0) is 0 Å². The predicted octanol–water partition coefficient (Wildman–Crippen LogP) is 0.501. The van der Waals surface area contributed by atoms with E-state index in [1.54, 1.807) is 0 Å². The summed E-state index contributed by atoms with van der Waals surface area (Å²) >= 11 is 0. The molecule has 0 aromatic carbocycles. The van der Waals surface area contributed by atoms with E-state index in [2.05, 4.69) is 5.92 Å². The van der Waals surface area contributed by atoms with Crippen LogP contribution in [0.5, 0.6) is 0 Å². The molecule has 3 heteroatoms. The Balaban J connectivity index is 2.92. The summed E-state index contributed by atoms with van der Waals surface area (Å²) in [4.78, 5) is 9.91. The van der Waals surface area contributed by atoms with Gasteiger partial charge in [0.1, 0.15) is 0 Å². The molecule has 0 fully saturated rings. The number of hydrogen-bond donors (Lipinski definition) is 1. The Labute approximate surface area is 60.0 Å². The van der Waals surface area contributed by atoms with Crippen LogP contribution in [0.4, 0.5) is 0 Å². The molecule has 0 unspecified atom stereocenters. The summed E-state index contributed by atoms with van der Waals surface area (Å²) < 4.78 is 4.86. The number of terminal acetylenes is 1. The van der Waals surface area contributed by atoms with E-state index in [1.165, 1.54) is 0 Å². The fourth-order valence-electron chi connectivity index (χ4n) is 0.393. The number of rotatable bonds is 5. The summed E-state index contributed by atoms with van der Waals surface area (Å²) in [5.41, 5.74) is 0. The van der Waals surface area contributed by atoms with E-state index < -0.39 is 5.97 Å². The molecule has 0 heterocycles. The molecular formula is C7H10O3. The van der Waals surface area contributed by atoms with Gasteiger partial charge in [0.15, 0.2) is 0 Å². The topological polar surface area (TPSA) is 46.5 Å². The fourth-order valence-corrected chi connectivity index (χ4v) is 0.393. The van der Waals surface area contributed by atoms with Gasteiger partial charge >= 0.3 is 5.97 Å². The van der Waals surface area contributed by atoms with E-state index in [-0.39, 0.29) is 13.0 Å². The smallest absolute Gasteiger partial charge is 0.305 e. The van der Waals surface area contributed by atoms with Crippen molar-refractivity contribution < 1.29 is 14.6 Å². The average molecular weight is 142 g/mol. The molecule has 0 aromatic heterocycles. The molecule has 1 N–H and O–H groups in total. The molecule has 0 spiro atoms. The summed E-state index contributed by atoms with van der Waals surface area (Å²) in [5.74, 6) is 1.54. The van der Waals surface area contributed by atoms with Crippen LogP contribution in [0.3, 0.4) is 0 Å². The first-order chi connectivity index (χ1) is 4.77. The van der Waals surface area contributed by atoms with Crippen molar-refractivity contribution in [3.05, 3.63) is 0 Å². The number of carboxylic acids is 1. The maximum Gasteiger partial charge on any atom is 0.305 e. The zero-order chi connectivity index (χ0) is 7.82. The van der Waals surface area contributed by atoms with Crippen molar-refractivity contribution >= 4 is 5.97 Å². The fraction of sp³-hybridized carbons (Fsp3) is 0.571. The minimum Gasteiger partial charge on any atom is -0.481 e. The van der Waals surface area contributed by atoms with Crippen LogP contribution in [0.15, 0.2) is 0 Å². The van der Waals surface area contributed by atoms with Crippen LogP contribution in [-0.2, 0) is 9.53 Å². The molecule has 0 aliphatic heterocycles. The van der Waals surface area contributed by atoms with Crippen molar-refractivity contribution in [3.63, 3.8) is 0 Å². The van der Waals surface area contributed by atoms with E-state index in [1.807, 2.05) is 0 Å². The lowest BCUT2D eigenvalue weighted by Crippen LogP contribution is -2.03. The van der Waals surface area contributed by atoms with Gasteiger partial charge in [-0.15, -0.1) is 12.3 Å². The van der Waals surface area contributed by atoms with Crippen molar-refractivity contribution in [2.75, 3.05) is 13.2 Å². The summed E-state index contributed by atoms with van der Waals surface area (Å²) in [6.07, 6.45) is 5.51. The number of ether oxygens (including phenoxy) is 1. The summed E-state index contributed by atoms with van der Waals surface area (Å²) in [6.45, 7) is 0.695. The largest absolute Gasteiger partial charge is 0.481 e. The van der Waals surface area contributed by atoms with Gasteiger partial charge < -0.3 is 9.84 Å². The molecule has 0 rings (SSSR count). The number of hydrogen-bond acceptors (Lipinski definition) is 2. The zero-order valence-corrected chi connectivity index (χ0v) is 5.67. The first-order valence-corrected chi connectivity index (χ1v) is 3.00. The summed E-state index contributed by atoms with van der Waals surface area (Å²) in [7, 11) is 0. The van der Waals surface area contributed by atoms with Gasteiger partial charge in [-0.2, -0.15) is 0 Å². The van der Waals surface area contributed by atoms with Gasteiger partial charge in [0.2, 0.25) is 0 Å². The number of aliphatic carboxylic acids is 1. The van der Waals surface area contributed by atoms with Gasteiger partial charge in [0.25, 0.3) is 0 Å². The molecule has 0 aliphatic carbocycles. The second-order valence-corrected chi connectivity index (χ2v) is 1.71. The SMILES string of the molecule is C#CCCOCCC(=O)O. The highest BCUT2D eigenvalue weighted by Gasteiger charge is 1.94. The third-order valence-corrected chi connectivity index (χ3v) is 0.851. The van der Waals surface area contributed by atoms with Crippen molar-refractivity contribution in [2.45, 2.75) is 12.8 Å². The Bertz CT molecular complexity index is 134. The highest BCUT2D eigenvalue weighted by molar-refractivity contribution is 5.66. The summed E-state index contributed by atoms with van der Waals surface area (Å²) in [6, 6.07) is 0. The molecule has 0 saturated heterocycles. The van der Waals surface area contributed by atoms with Crippen molar-refractivity contribution in [1.82, 2.24) is 0 Å². The Kier molecular flexibility index (Phi) is 5.50. The second-order valence-electron chi connectivity index (χ2n) is 1.71. The van der Waals surface area contributed by atoms with E-state index in [0.29, 0.717) is 13.0 Å². The van der Waals surface area contributed by atoms with Crippen LogP contribution in [0, 0.1) is 12.3 Å². The molecule has 0 saturated carbocycles. The monoisotopic (exact) mass is 142 g/mol. The highest BCUT2D eigenvalue weighted by atomic mass is 16.5. The molecule has 0 radical (unpaired) electrons. The van der Waals surface area contributed by atoms with Crippen LogP contribution in [-0.4, -0.2) is 24.3 Å². The van der Waals surface area contributed by atoms with Crippen LogP contribution in [0.1, 0.15) is 12.8 Å². The van der Waals surface area contributed by atoms with Gasteiger partial charge in [-0.3, -0.25) is 4.79 Å². The van der Waals surface area contributed by atoms with Crippen molar-refractivity contribution in [3.8, 4) is 12.3 Å².